The fourth-order valence-electron chi connectivity index (χ4n) is 2.24. The van der Waals surface area contributed by atoms with Crippen molar-refractivity contribution in [3.05, 3.63) is 0 Å². The van der Waals surface area contributed by atoms with E-state index in [1.165, 1.54) is 0 Å². The lowest BCUT2D eigenvalue weighted by atomic mass is 9.92. The van der Waals surface area contributed by atoms with Crippen molar-refractivity contribution in [1.29, 1.82) is 0 Å². The number of ether oxygens (including phenoxy) is 1. The van der Waals surface area contributed by atoms with Crippen LogP contribution in [-0.2, 0) is 14.6 Å². The third kappa shape index (κ3) is 4.39. The maximum atomic E-state index is 11.4. The Morgan fingerprint density at radius 2 is 2.25 bits per heavy atom. The zero-order valence-electron chi connectivity index (χ0n) is 10.2. The fourth-order valence-corrected chi connectivity index (χ4v) is 4.16. The molecule has 1 rings (SSSR count). The van der Waals surface area contributed by atoms with Crippen molar-refractivity contribution < 1.29 is 13.2 Å². The highest BCUT2D eigenvalue weighted by atomic mass is 32.2. The highest BCUT2D eigenvalue weighted by Crippen LogP contribution is 2.25. The minimum atomic E-state index is -2.77. The Balaban J connectivity index is 2.43. The minimum Gasteiger partial charge on any atom is -0.384 e. The van der Waals surface area contributed by atoms with Crippen molar-refractivity contribution in [2.24, 2.45) is 11.8 Å². The maximum Gasteiger partial charge on any atom is 0.150 e. The second kappa shape index (κ2) is 6.57. The van der Waals surface area contributed by atoms with Gasteiger partial charge in [0.2, 0.25) is 0 Å². The first-order chi connectivity index (χ1) is 7.59. The Morgan fingerprint density at radius 1 is 1.50 bits per heavy atom. The standard InChI is InChI=1S/C11H23NO3S/c1-3-5-12-7-11(8-15-2)10-4-6-16(13,14)9-10/h10-12H,3-9H2,1-2H3. The van der Waals surface area contributed by atoms with Crippen LogP contribution < -0.4 is 5.32 Å². The summed E-state index contributed by atoms with van der Waals surface area (Å²) in [7, 11) is -1.10. The van der Waals surface area contributed by atoms with Crippen molar-refractivity contribution >= 4 is 9.84 Å². The van der Waals surface area contributed by atoms with Crippen LogP contribution in [0.3, 0.4) is 0 Å². The summed E-state index contributed by atoms with van der Waals surface area (Å²) in [5.74, 6) is 1.30. The molecule has 2 atom stereocenters. The highest BCUT2D eigenvalue weighted by molar-refractivity contribution is 7.91. The van der Waals surface area contributed by atoms with Gasteiger partial charge in [0, 0.05) is 13.7 Å². The molecule has 0 aromatic heterocycles. The first-order valence-corrected chi connectivity index (χ1v) is 7.81. The normalized spacial score (nSPS) is 25.8. The molecule has 0 radical (unpaired) electrons. The van der Waals surface area contributed by atoms with Gasteiger partial charge in [0.1, 0.15) is 0 Å². The maximum absolute atomic E-state index is 11.4. The van der Waals surface area contributed by atoms with E-state index in [0.29, 0.717) is 24.0 Å². The monoisotopic (exact) mass is 249 g/mol. The van der Waals surface area contributed by atoms with Crippen molar-refractivity contribution in [1.82, 2.24) is 5.32 Å². The van der Waals surface area contributed by atoms with E-state index in [9.17, 15) is 8.42 Å². The van der Waals surface area contributed by atoms with Crippen LogP contribution in [-0.4, -0.2) is 46.7 Å². The summed E-state index contributed by atoms with van der Waals surface area (Å²) in [6.07, 6.45) is 1.90. The zero-order valence-corrected chi connectivity index (χ0v) is 11.1. The third-order valence-corrected chi connectivity index (χ3v) is 4.94. The molecule has 4 nitrogen and oxygen atoms in total. The number of hydrogen-bond acceptors (Lipinski definition) is 4. The largest absolute Gasteiger partial charge is 0.384 e. The summed E-state index contributed by atoms with van der Waals surface area (Å²) in [6, 6.07) is 0. The third-order valence-electron chi connectivity index (χ3n) is 3.15. The zero-order chi connectivity index (χ0) is 12.0. The summed E-state index contributed by atoms with van der Waals surface area (Å²) in [5, 5.41) is 3.35. The lowest BCUT2D eigenvalue weighted by molar-refractivity contribution is 0.125. The lowest BCUT2D eigenvalue weighted by Crippen LogP contribution is -2.32. The summed E-state index contributed by atoms with van der Waals surface area (Å²) in [5.41, 5.74) is 0. The van der Waals surface area contributed by atoms with Gasteiger partial charge in [-0.25, -0.2) is 8.42 Å². The van der Waals surface area contributed by atoms with E-state index in [1.54, 1.807) is 7.11 Å². The van der Waals surface area contributed by atoms with Crippen LogP contribution in [0.5, 0.6) is 0 Å². The topological polar surface area (TPSA) is 55.4 Å². The number of hydrogen-bond donors (Lipinski definition) is 1. The van der Waals surface area contributed by atoms with Crippen LogP contribution in [0, 0.1) is 11.8 Å². The van der Waals surface area contributed by atoms with Crippen LogP contribution in [0.15, 0.2) is 0 Å². The number of methoxy groups -OCH3 is 1. The molecular formula is C11H23NO3S. The van der Waals surface area contributed by atoms with Crippen molar-refractivity contribution in [3.8, 4) is 0 Å². The number of rotatable bonds is 7. The molecular weight excluding hydrogens is 226 g/mol. The SMILES string of the molecule is CCCNCC(COC)C1CCS(=O)(=O)C1. The van der Waals surface area contributed by atoms with Gasteiger partial charge in [0.15, 0.2) is 9.84 Å². The molecule has 1 fully saturated rings. The second-order valence-corrected chi connectivity index (χ2v) is 6.81. The molecule has 2 unspecified atom stereocenters. The smallest absolute Gasteiger partial charge is 0.150 e. The van der Waals surface area contributed by atoms with Gasteiger partial charge >= 0.3 is 0 Å². The van der Waals surface area contributed by atoms with Gasteiger partial charge in [0.25, 0.3) is 0 Å². The molecule has 1 aliphatic heterocycles. The molecule has 1 heterocycles. The van der Waals surface area contributed by atoms with Crippen LogP contribution >= 0.6 is 0 Å². The highest BCUT2D eigenvalue weighted by Gasteiger charge is 2.33. The van der Waals surface area contributed by atoms with Gasteiger partial charge in [-0.1, -0.05) is 6.92 Å². The quantitative estimate of drug-likeness (QED) is 0.674. The van der Waals surface area contributed by atoms with Gasteiger partial charge in [-0.05, 0) is 31.2 Å². The predicted molar refractivity (Wildman–Crippen MR) is 65.3 cm³/mol. The lowest BCUT2D eigenvalue weighted by Gasteiger charge is -2.22. The molecule has 0 spiro atoms. The molecule has 0 aromatic carbocycles. The Labute approximate surface area is 98.7 Å². The Bertz CT molecular complexity index is 290. The van der Waals surface area contributed by atoms with Crippen molar-refractivity contribution in [3.63, 3.8) is 0 Å². The molecule has 5 heteroatoms. The molecule has 0 bridgehead atoms. The van der Waals surface area contributed by atoms with E-state index in [4.69, 9.17) is 4.74 Å². The Hall–Kier alpha value is -0.130. The van der Waals surface area contributed by atoms with E-state index in [2.05, 4.69) is 12.2 Å². The summed E-state index contributed by atoms with van der Waals surface area (Å²) < 4.78 is 28.0. The van der Waals surface area contributed by atoms with Crippen molar-refractivity contribution in [2.75, 3.05) is 38.3 Å². The van der Waals surface area contributed by atoms with E-state index < -0.39 is 9.84 Å². The molecule has 0 aromatic rings. The van der Waals surface area contributed by atoms with Gasteiger partial charge in [0.05, 0.1) is 18.1 Å². The predicted octanol–water partition coefficient (Wildman–Crippen LogP) is 0.683. The summed E-state index contributed by atoms with van der Waals surface area (Å²) in [4.78, 5) is 0. The van der Waals surface area contributed by atoms with E-state index in [0.717, 1.165) is 25.9 Å². The summed E-state index contributed by atoms with van der Waals surface area (Å²) in [6.45, 7) is 4.62. The molecule has 1 saturated heterocycles. The van der Waals surface area contributed by atoms with Gasteiger partial charge in [-0.15, -0.1) is 0 Å². The number of sulfone groups is 1. The van der Waals surface area contributed by atoms with Crippen LogP contribution in [0.2, 0.25) is 0 Å². The van der Waals surface area contributed by atoms with Crippen LogP contribution in [0.4, 0.5) is 0 Å². The minimum absolute atomic E-state index is 0.273. The van der Waals surface area contributed by atoms with E-state index in [1.807, 2.05) is 0 Å². The summed E-state index contributed by atoms with van der Waals surface area (Å²) >= 11 is 0. The second-order valence-electron chi connectivity index (χ2n) is 4.58. The first-order valence-electron chi connectivity index (χ1n) is 5.99. The van der Waals surface area contributed by atoms with Gasteiger partial charge in [-0.3, -0.25) is 0 Å². The average Bonchev–Trinajstić information content (AvgIpc) is 2.58. The molecule has 0 aliphatic carbocycles. The van der Waals surface area contributed by atoms with Gasteiger partial charge < -0.3 is 10.1 Å². The molecule has 1 aliphatic rings. The van der Waals surface area contributed by atoms with E-state index >= 15 is 0 Å². The molecule has 1 N–H and O–H groups in total. The Kier molecular flexibility index (Phi) is 5.72. The van der Waals surface area contributed by atoms with Crippen molar-refractivity contribution in [2.45, 2.75) is 19.8 Å². The molecule has 0 saturated carbocycles. The molecule has 16 heavy (non-hydrogen) atoms. The molecule has 0 amide bonds. The fraction of sp³-hybridized carbons (Fsp3) is 1.00. The van der Waals surface area contributed by atoms with E-state index in [-0.39, 0.29) is 5.92 Å². The Morgan fingerprint density at radius 3 is 2.75 bits per heavy atom. The first kappa shape index (κ1) is 13.9. The van der Waals surface area contributed by atoms with Crippen LogP contribution in [0.25, 0.3) is 0 Å². The molecule has 96 valence electrons. The number of nitrogens with one attached hydrogen (secondary N) is 1. The van der Waals surface area contributed by atoms with Crippen LogP contribution in [0.1, 0.15) is 19.8 Å². The van der Waals surface area contributed by atoms with Gasteiger partial charge in [-0.2, -0.15) is 0 Å². The average molecular weight is 249 g/mol.